The van der Waals surface area contributed by atoms with E-state index in [4.69, 9.17) is 4.74 Å². The lowest BCUT2D eigenvalue weighted by Gasteiger charge is -2.35. The van der Waals surface area contributed by atoms with E-state index in [1.807, 2.05) is 13.8 Å². The number of morpholine rings is 1. The summed E-state index contributed by atoms with van der Waals surface area (Å²) >= 11 is 0. The highest BCUT2D eigenvalue weighted by atomic mass is 19.4. The molecule has 3 atom stereocenters. The molecular weight excluding hydrogens is 365 g/mol. The number of amides is 1. The van der Waals surface area contributed by atoms with Crippen LogP contribution >= 0.6 is 0 Å². The second-order valence-corrected chi connectivity index (χ2v) is 7.12. The van der Waals surface area contributed by atoms with Gasteiger partial charge in [-0.1, -0.05) is 0 Å². The highest BCUT2D eigenvalue weighted by molar-refractivity contribution is 5.77. The number of nitrogens with zero attached hydrogens (tertiary/aromatic N) is 3. The molecule has 0 radical (unpaired) electrons. The fraction of sp³-hybridized carbons (Fsp3) is 0.765. The average Bonchev–Trinajstić information content (AvgIpc) is 2.96. The normalized spacial score (nSPS) is 23.8. The predicted molar refractivity (Wildman–Crippen MR) is 91.9 cm³/mol. The van der Waals surface area contributed by atoms with Gasteiger partial charge in [0.25, 0.3) is 0 Å². The first-order valence-electron chi connectivity index (χ1n) is 8.94. The number of imidazole rings is 1. The van der Waals surface area contributed by atoms with Crippen molar-refractivity contribution in [2.75, 3.05) is 26.2 Å². The van der Waals surface area contributed by atoms with Crippen LogP contribution in [0.1, 0.15) is 32.5 Å². The standard InChI is InChI=1S/C17H27F3N4O3/c1-12-10-24(11-13(2)27-12)7-4-5-21-14(25)9-16(26,17(18,19)20)15-22-6-8-23(15)3/h6,8,12-13,26H,4-5,7,9-11H2,1-3H3,(H,21,25). The van der Waals surface area contributed by atoms with Gasteiger partial charge in [0.2, 0.25) is 11.5 Å². The van der Waals surface area contributed by atoms with Crippen LogP contribution in [0.4, 0.5) is 13.2 Å². The Bertz CT molecular complexity index is 627. The third-order valence-corrected chi connectivity index (χ3v) is 4.54. The van der Waals surface area contributed by atoms with Gasteiger partial charge in [0.05, 0.1) is 18.6 Å². The van der Waals surface area contributed by atoms with Crippen molar-refractivity contribution in [1.82, 2.24) is 19.8 Å². The van der Waals surface area contributed by atoms with Gasteiger partial charge in [-0.05, 0) is 20.3 Å². The monoisotopic (exact) mass is 392 g/mol. The van der Waals surface area contributed by atoms with E-state index in [0.717, 1.165) is 23.9 Å². The molecule has 1 aromatic heterocycles. The molecule has 1 aliphatic heterocycles. The number of alkyl halides is 3. The first-order valence-corrected chi connectivity index (χ1v) is 8.94. The minimum Gasteiger partial charge on any atom is -0.374 e. The number of hydrogen-bond donors (Lipinski definition) is 2. The molecule has 0 bridgehead atoms. The number of halogens is 3. The van der Waals surface area contributed by atoms with Gasteiger partial charge < -0.3 is 19.7 Å². The molecule has 1 fully saturated rings. The fourth-order valence-electron chi connectivity index (χ4n) is 3.36. The molecule has 1 aliphatic rings. The summed E-state index contributed by atoms with van der Waals surface area (Å²) in [7, 11) is 1.33. The lowest BCUT2D eigenvalue weighted by Crippen LogP contribution is -2.48. The second kappa shape index (κ2) is 8.57. The van der Waals surface area contributed by atoms with Gasteiger partial charge in [0.15, 0.2) is 5.82 Å². The van der Waals surface area contributed by atoms with Crippen molar-refractivity contribution in [1.29, 1.82) is 0 Å². The van der Waals surface area contributed by atoms with E-state index in [1.165, 1.54) is 13.2 Å². The molecule has 2 N–H and O–H groups in total. The summed E-state index contributed by atoms with van der Waals surface area (Å²) in [5, 5.41) is 12.6. The summed E-state index contributed by atoms with van der Waals surface area (Å²) in [5.74, 6) is -1.48. The van der Waals surface area contributed by atoms with E-state index in [9.17, 15) is 23.1 Å². The predicted octanol–water partition coefficient (Wildman–Crippen LogP) is 1.18. The zero-order valence-corrected chi connectivity index (χ0v) is 15.8. The van der Waals surface area contributed by atoms with Crippen molar-refractivity contribution in [2.45, 2.75) is 50.7 Å². The number of aryl methyl sites for hydroxylation is 1. The van der Waals surface area contributed by atoms with Crippen molar-refractivity contribution in [3.05, 3.63) is 18.2 Å². The first-order chi connectivity index (χ1) is 12.5. The molecule has 0 saturated carbocycles. The Morgan fingerprint density at radius 2 is 2.00 bits per heavy atom. The Hall–Kier alpha value is -1.65. The van der Waals surface area contributed by atoms with Crippen molar-refractivity contribution in [3.8, 4) is 0 Å². The van der Waals surface area contributed by atoms with Crippen LogP contribution in [0, 0.1) is 0 Å². The molecule has 2 rings (SSSR count). The molecule has 0 aromatic carbocycles. The summed E-state index contributed by atoms with van der Waals surface area (Å²) < 4.78 is 46.9. The van der Waals surface area contributed by atoms with Gasteiger partial charge in [0, 0.05) is 45.6 Å². The van der Waals surface area contributed by atoms with Crippen LogP contribution in [0.15, 0.2) is 12.4 Å². The number of nitrogens with one attached hydrogen (secondary N) is 1. The third kappa shape index (κ3) is 5.43. The summed E-state index contributed by atoms with van der Waals surface area (Å²) in [5.41, 5.74) is -3.33. The summed E-state index contributed by atoms with van der Waals surface area (Å²) in [6.07, 6.45) is -2.87. The Balaban J connectivity index is 1.85. The number of aliphatic hydroxyl groups is 1. The van der Waals surface area contributed by atoms with Gasteiger partial charge in [0.1, 0.15) is 0 Å². The summed E-state index contributed by atoms with van der Waals surface area (Å²) in [4.78, 5) is 17.8. The number of hydrogen-bond acceptors (Lipinski definition) is 5. The van der Waals surface area contributed by atoms with Crippen molar-refractivity contribution < 1.29 is 27.8 Å². The van der Waals surface area contributed by atoms with E-state index >= 15 is 0 Å². The summed E-state index contributed by atoms with van der Waals surface area (Å²) in [6.45, 7) is 6.48. The Kier molecular flexibility index (Phi) is 6.87. The molecule has 3 unspecified atom stereocenters. The number of carbonyl (C=O) groups excluding carboxylic acids is 1. The number of ether oxygens (including phenoxy) is 1. The molecule has 7 nitrogen and oxygen atoms in total. The molecule has 1 saturated heterocycles. The quantitative estimate of drug-likeness (QED) is 0.681. The zero-order chi connectivity index (χ0) is 20.2. The number of aromatic nitrogens is 2. The maximum atomic E-state index is 13.4. The van der Waals surface area contributed by atoms with Gasteiger partial charge in [-0.15, -0.1) is 0 Å². The van der Waals surface area contributed by atoms with E-state index in [1.54, 1.807) is 0 Å². The topological polar surface area (TPSA) is 79.6 Å². The van der Waals surface area contributed by atoms with Crippen molar-refractivity contribution in [3.63, 3.8) is 0 Å². The fourth-order valence-corrected chi connectivity index (χ4v) is 3.36. The molecule has 0 aliphatic carbocycles. The lowest BCUT2D eigenvalue weighted by molar-refractivity contribution is -0.271. The largest absolute Gasteiger partial charge is 0.425 e. The van der Waals surface area contributed by atoms with Crippen molar-refractivity contribution >= 4 is 5.91 Å². The molecule has 0 spiro atoms. The molecule has 27 heavy (non-hydrogen) atoms. The van der Waals surface area contributed by atoms with Crippen LogP contribution < -0.4 is 5.32 Å². The van der Waals surface area contributed by atoms with Gasteiger partial charge in [-0.25, -0.2) is 4.98 Å². The number of carbonyl (C=O) groups is 1. The third-order valence-electron chi connectivity index (χ3n) is 4.54. The van der Waals surface area contributed by atoms with Crippen LogP contribution in [-0.4, -0.2) is 70.0 Å². The van der Waals surface area contributed by atoms with Gasteiger partial charge in [-0.3, -0.25) is 9.69 Å². The van der Waals surface area contributed by atoms with Gasteiger partial charge in [-0.2, -0.15) is 13.2 Å². The zero-order valence-electron chi connectivity index (χ0n) is 15.8. The summed E-state index contributed by atoms with van der Waals surface area (Å²) in [6, 6.07) is 0. The number of rotatable bonds is 7. The molecule has 10 heteroatoms. The smallest absolute Gasteiger partial charge is 0.374 e. The lowest BCUT2D eigenvalue weighted by atomic mass is 9.97. The Morgan fingerprint density at radius 3 is 2.52 bits per heavy atom. The van der Waals surface area contributed by atoms with Crippen LogP contribution in [0.3, 0.4) is 0 Å². The minimum atomic E-state index is -5.02. The second-order valence-electron chi connectivity index (χ2n) is 7.12. The molecule has 154 valence electrons. The molecule has 2 heterocycles. The Labute approximate surface area is 156 Å². The SMILES string of the molecule is CC1CN(CCCNC(=O)CC(O)(c2nccn2C)C(F)(F)F)CC(C)O1. The van der Waals surface area contributed by atoms with Crippen LogP contribution in [-0.2, 0) is 22.2 Å². The first kappa shape index (κ1) is 21.6. The molecule has 1 amide bonds. The van der Waals surface area contributed by atoms with E-state index in [0.29, 0.717) is 13.0 Å². The van der Waals surface area contributed by atoms with Gasteiger partial charge >= 0.3 is 6.18 Å². The van der Waals surface area contributed by atoms with E-state index in [-0.39, 0.29) is 18.8 Å². The minimum absolute atomic E-state index is 0.128. The van der Waals surface area contributed by atoms with Crippen LogP contribution in [0.5, 0.6) is 0 Å². The van der Waals surface area contributed by atoms with Crippen LogP contribution in [0.2, 0.25) is 0 Å². The van der Waals surface area contributed by atoms with Crippen LogP contribution in [0.25, 0.3) is 0 Å². The molecule has 1 aromatic rings. The van der Waals surface area contributed by atoms with E-state index < -0.39 is 29.9 Å². The molecular formula is C17H27F3N4O3. The highest BCUT2D eigenvalue weighted by Crippen LogP contribution is 2.40. The maximum Gasteiger partial charge on any atom is 0.425 e. The van der Waals surface area contributed by atoms with Crippen molar-refractivity contribution in [2.24, 2.45) is 7.05 Å². The maximum absolute atomic E-state index is 13.4. The Morgan fingerprint density at radius 1 is 1.37 bits per heavy atom. The highest BCUT2D eigenvalue weighted by Gasteiger charge is 2.58. The van der Waals surface area contributed by atoms with E-state index in [2.05, 4.69) is 15.2 Å². The average molecular weight is 392 g/mol.